The van der Waals surface area contributed by atoms with Crippen LogP contribution in [0.15, 0.2) is 18.3 Å². The fourth-order valence-electron chi connectivity index (χ4n) is 1.41. The molecule has 0 spiro atoms. The zero-order valence-electron chi connectivity index (χ0n) is 11.1. The molecule has 100 valence electrons. The van der Waals surface area contributed by atoms with E-state index < -0.39 is 0 Å². The third kappa shape index (κ3) is 5.25. The van der Waals surface area contributed by atoms with Crippen LogP contribution in [0.2, 0.25) is 0 Å². The summed E-state index contributed by atoms with van der Waals surface area (Å²) in [6.45, 7) is 4.80. The van der Waals surface area contributed by atoms with Crippen molar-refractivity contribution in [3.8, 4) is 0 Å². The van der Waals surface area contributed by atoms with Gasteiger partial charge in [-0.05, 0) is 25.5 Å². The van der Waals surface area contributed by atoms with Crippen molar-refractivity contribution in [1.82, 2.24) is 10.3 Å². The first-order chi connectivity index (χ1) is 8.63. The van der Waals surface area contributed by atoms with Gasteiger partial charge in [-0.1, -0.05) is 6.07 Å². The molecule has 0 aliphatic heterocycles. The van der Waals surface area contributed by atoms with Gasteiger partial charge in [0.25, 0.3) is 0 Å². The lowest BCUT2D eigenvalue weighted by atomic mass is 10.1. The lowest BCUT2D eigenvalue weighted by Gasteiger charge is -2.14. The molecule has 0 aliphatic carbocycles. The Morgan fingerprint density at radius 1 is 1.44 bits per heavy atom. The van der Waals surface area contributed by atoms with Crippen LogP contribution >= 0.6 is 0 Å². The van der Waals surface area contributed by atoms with Crippen molar-refractivity contribution < 1.29 is 14.3 Å². The number of carbonyl (C=O) groups excluding carboxylic acids is 1. The maximum atomic E-state index is 11.6. The van der Waals surface area contributed by atoms with Crippen LogP contribution in [-0.2, 0) is 14.3 Å². The SMILES string of the molecule is COCCOCC(=O)N[C@@H](C)c1ccc(C)nc1. The van der Waals surface area contributed by atoms with Crippen LogP contribution in [0.25, 0.3) is 0 Å². The van der Waals surface area contributed by atoms with E-state index in [9.17, 15) is 4.79 Å². The van der Waals surface area contributed by atoms with Crippen LogP contribution in [0.4, 0.5) is 0 Å². The number of ether oxygens (including phenoxy) is 2. The van der Waals surface area contributed by atoms with E-state index in [1.807, 2.05) is 26.0 Å². The minimum atomic E-state index is -0.140. The van der Waals surface area contributed by atoms with Crippen LogP contribution < -0.4 is 5.32 Å². The van der Waals surface area contributed by atoms with E-state index in [2.05, 4.69) is 10.3 Å². The zero-order valence-corrected chi connectivity index (χ0v) is 11.1. The summed E-state index contributed by atoms with van der Waals surface area (Å²) in [5, 5.41) is 2.85. The molecule has 1 rings (SSSR count). The van der Waals surface area contributed by atoms with Crippen LogP contribution in [-0.4, -0.2) is 37.8 Å². The zero-order chi connectivity index (χ0) is 13.4. The molecule has 0 fully saturated rings. The average Bonchev–Trinajstić information content (AvgIpc) is 2.35. The van der Waals surface area contributed by atoms with Crippen molar-refractivity contribution in [3.05, 3.63) is 29.6 Å². The van der Waals surface area contributed by atoms with Crippen molar-refractivity contribution in [1.29, 1.82) is 0 Å². The summed E-state index contributed by atoms with van der Waals surface area (Å²) in [5.41, 5.74) is 1.94. The van der Waals surface area contributed by atoms with Gasteiger partial charge in [-0.2, -0.15) is 0 Å². The van der Waals surface area contributed by atoms with Crippen LogP contribution in [0.5, 0.6) is 0 Å². The molecule has 1 amide bonds. The van der Waals surface area contributed by atoms with Crippen molar-refractivity contribution in [2.45, 2.75) is 19.9 Å². The number of hydrogen-bond acceptors (Lipinski definition) is 4. The molecule has 0 bridgehead atoms. The van der Waals surface area contributed by atoms with Gasteiger partial charge in [-0.15, -0.1) is 0 Å². The highest BCUT2D eigenvalue weighted by atomic mass is 16.5. The molecule has 1 aromatic rings. The lowest BCUT2D eigenvalue weighted by molar-refractivity contribution is -0.126. The Labute approximate surface area is 108 Å². The Hall–Kier alpha value is -1.46. The maximum absolute atomic E-state index is 11.6. The first-order valence-corrected chi connectivity index (χ1v) is 5.92. The number of aryl methyl sites for hydroxylation is 1. The third-order valence-electron chi connectivity index (χ3n) is 2.48. The number of amides is 1. The minimum absolute atomic E-state index is 0.0486. The Morgan fingerprint density at radius 2 is 2.22 bits per heavy atom. The van der Waals surface area contributed by atoms with E-state index in [1.54, 1.807) is 13.3 Å². The first kappa shape index (κ1) is 14.6. The number of pyridine rings is 1. The number of methoxy groups -OCH3 is 1. The molecule has 5 heteroatoms. The topological polar surface area (TPSA) is 60.5 Å². The number of nitrogens with zero attached hydrogens (tertiary/aromatic N) is 1. The molecule has 0 saturated heterocycles. The summed E-state index contributed by atoms with van der Waals surface area (Å²) >= 11 is 0. The predicted molar refractivity (Wildman–Crippen MR) is 68.2 cm³/mol. The van der Waals surface area contributed by atoms with Gasteiger partial charge in [0.1, 0.15) is 6.61 Å². The van der Waals surface area contributed by atoms with Gasteiger partial charge in [-0.25, -0.2) is 0 Å². The number of hydrogen-bond donors (Lipinski definition) is 1. The van der Waals surface area contributed by atoms with Crippen molar-refractivity contribution >= 4 is 5.91 Å². The van der Waals surface area contributed by atoms with E-state index in [-0.39, 0.29) is 18.6 Å². The fraction of sp³-hybridized carbons (Fsp3) is 0.538. The monoisotopic (exact) mass is 252 g/mol. The molecule has 1 aromatic heterocycles. The van der Waals surface area contributed by atoms with E-state index in [0.717, 1.165) is 11.3 Å². The van der Waals surface area contributed by atoms with Crippen molar-refractivity contribution in [2.75, 3.05) is 26.9 Å². The summed E-state index contributed by atoms with van der Waals surface area (Å²) < 4.78 is 9.96. The Morgan fingerprint density at radius 3 is 2.83 bits per heavy atom. The number of nitrogens with one attached hydrogen (secondary N) is 1. The summed E-state index contributed by atoms with van der Waals surface area (Å²) in [6, 6.07) is 3.81. The molecular formula is C13H20N2O3. The van der Waals surface area contributed by atoms with Crippen LogP contribution in [0.3, 0.4) is 0 Å². The quantitative estimate of drug-likeness (QED) is 0.741. The van der Waals surface area contributed by atoms with E-state index in [0.29, 0.717) is 13.2 Å². The van der Waals surface area contributed by atoms with Crippen molar-refractivity contribution in [3.63, 3.8) is 0 Å². The Balaban J connectivity index is 2.33. The summed E-state index contributed by atoms with van der Waals surface area (Å²) in [7, 11) is 1.59. The maximum Gasteiger partial charge on any atom is 0.246 e. The average molecular weight is 252 g/mol. The molecule has 5 nitrogen and oxygen atoms in total. The molecule has 0 radical (unpaired) electrons. The molecule has 0 aliphatic rings. The van der Waals surface area contributed by atoms with Gasteiger partial charge in [0.05, 0.1) is 19.3 Å². The highest BCUT2D eigenvalue weighted by Gasteiger charge is 2.09. The number of aromatic nitrogens is 1. The second-order valence-electron chi connectivity index (χ2n) is 4.07. The standard InChI is InChI=1S/C13H20N2O3/c1-10-4-5-12(8-14-10)11(2)15-13(16)9-18-7-6-17-3/h4-5,8,11H,6-7,9H2,1-3H3,(H,15,16)/t11-/m0/s1. The summed E-state index contributed by atoms with van der Waals surface area (Å²) in [6.07, 6.45) is 1.77. The van der Waals surface area contributed by atoms with E-state index in [4.69, 9.17) is 9.47 Å². The first-order valence-electron chi connectivity index (χ1n) is 5.92. The van der Waals surface area contributed by atoms with E-state index in [1.165, 1.54) is 0 Å². The summed E-state index contributed by atoms with van der Waals surface area (Å²) in [5.74, 6) is -0.140. The van der Waals surface area contributed by atoms with E-state index >= 15 is 0 Å². The van der Waals surface area contributed by atoms with Gasteiger partial charge >= 0.3 is 0 Å². The Bertz CT molecular complexity index is 365. The van der Waals surface area contributed by atoms with Crippen LogP contribution in [0.1, 0.15) is 24.2 Å². The molecule has 1 heterocycles. The number of rotatable bonds is 7. The van der Waals surface area contributed by atoms with Gasteiger partial charge < -0.3 is 14.8 Å². The Kier molecular flexibility index (Phi) is 6.32. The normalized spacial score (nSPS) is 12.2. The second-order valence-corrected chi connectivity index (χ2v) is 4.07. The highest BCUT2D eigenvalue weighted by molar-refractivity contribution is 5.77. The van der Waals surface area contributed by atoms with Gasteiger partial charge in [0.2, 0.25) is 5.91 Å². The molecule has 1 N–H and O–H groups in total. The largest absolute Gasteiger partial charge is 0.382 e. The highest BCUT2D eigenvalue weighted by Crippen LogP contribution is 2.10. The minimum Gasteiger partial charge on any atom is -0.382 e. The van der Waals surface area contributed by atoms with Gasteiger partial charge in [-0.3, -0.25) is 9.78 Å². The van der Waals surface area contributed by atoms with Gasteiger partial charge in [0, 0.05) is 19.0 Å². The lowest BCUT2D eigenvalue weighted by Crippen LogP contribution is -2.30. The molecule has 18 heavy (non-hydrogen) atoms. The van der Waals surface area contributed by atoms with Crippen LogP contribution in [0, 0.1) is 6.92 Å². The summed E-state index contributed by atoms with van der Waals surface area (Å²) in [4.78, 5) is 15.8. The molecule has 0 aromatic carbocycles. The van der Waals surface area contributed by atoms with Crippen molar-refractivity contribution in [2.24, 2.45) is 0 Å². The molecule has 1 atom stereocenters. The predicted octanol–water partition coefficient (Wildman–Crippen LogP) is 1.23. The second kappa shape index (κ2) is 7.79. The van der Waals surface area contributed by atoms with Gasteiger partial charge in [0.15, 0.2) is 0 Å². The molecule has 0 saturated carbocycles. The molecule has 0 unspecified atom stereocenters. The fourth-order valence-corrected chi connectivity index (χ4v) is 1.41. The molecular weight excluding hydrogens is 232 g/mol. The number of carbonyl (C=O) groups is 1. The third-order valence-corrected chi connectivity index (χ3v) is 2.48. The smallest absolute Gasteiger partial charge is 0.246 e.